The molecule has 0 amide bonds. The SMILES string of the molecule is COc1c(CC(C)(C)N)cc(F)c(Br)c1F. The zero-order valence-corrected chi connectivity index (χ0v) is 11.0. The second kappa shape index (κ2) is 4.67. The topological polar surface area (TPSA) is 35.2 Å². The van der Waals surface area contributed by atoms with Crippen LogP contribution in [0, 0.1) is 11.6 Å². The number of nitrogens with two attached hydrogens (primary N) is 1. The number of hydrogen-bond acceptors (Lipinski definition) is 2. The number of rotatable bonds is 3. The molecule has 0 bridgehead atoms. The molecule has 5 heteroatoms. The van der Waals surface area contributed by atoms with Crippen LogP contribution in [0.2, 0.25) is 0 Å². The van der Waals surface area contributed by atoms with Gasteiger partial charge in [0.2, 0.25) is 0 Å². The fourth-order valence-electron chi connectivity index (χ4n) is 1.47. The summed E-state index contributed by atoms with van der Waals surface area (Å²) in [5.41, 5.74) is 5.69. The zero-order chi connectivity index (χ0) is 12.5. The van der Waals surface area contributed by atoms with Crippen LogP contribution in [-0.4, -0.2) is 12.6 Å². The lowest BCUT2D eigenvalue weighted by Crippen LogP contribution is -2.34. The molecule has 1 aromatic carbocycles. The summed E-state index contributed by atoms with van der Waals surface area (Å²) in [6.45, 7) is 3.56. The van der Waals surface area contributed by atoms with Gasteiger partial charge in [-0.2, -0.15) is 0 Å². The second-order valence-corrected chi connectivity index (χ2v) is 5.14. The summed E-state index contributed by atoms with van der Waals surface area (Å²) in [7, 11) is 1.34. The summed E-state index contributed by atoms with van der Waals surface area (Å²) >= 11 is 2.82. The van der Waals surface area contributed by atoms with Crippen LogP contribution in [-0.2, 0) is 6.42 Å². The summed E-state index contributed by atoms with van der Waals surface area (Å²) in [6.07, 6.45) is 0.331. The van der Waals surface area contributed by atoms with Crippen molar-refractivity contribution in [3.05, 3.63) is 27.7 Å². The Morgan fingerprint density at radius 2 is 2.00 bits per heavy atom. The molecule has 0 aliphatic heterocycles. The number of ether oxygens (including phenoxy) is 1. The van der Waals surface area contributed by atoms with E-state index < -0.39 is 17.2 Å². The Hall–Kier alpha value is -0.680. The molecule has 0 aliphatic carbocycles. The fraction of sp³-hybridized carbons (Fsp3) is 0.455. The van der Waals surface area contributed by atoms with E-state index in [0.29, 0.717) is 12.0 Å². The molecular weight excluding hydrogens is 280 g/mol. The van der Waals surface area contributed by atoms with Gasteiger partial charge in [-0.3, -0.25) is 0 Å². The van der Waals surface area contributed by atoms with Crippen LogP contribution < -0.4 is 10.5 Å². The van der Waals surface area contributed by atoms with Gasteiger partial charge in [-0.15, -0.1) is 0 Å². The molecule has 0 atom stereocenters. The summed E-state index contributed by atoms with van der Waals surface area (Å²) in [6, 6.07) is 1.24. The van der Waals surface area contributed by atoms with Gasteiger partial charge in [-0.25, -0.2) is 8.78 Å². The monoisotopic (exact) mass is 293 g/mol. The zero-order valence-electron chi connectivity index (χ0n) is 9.40. The minimum absolute atomic E-state index is 0.0341. The predicted octanol–water partition coefficient (Wildman–Crippen LogP) is 3.02. The lowest BCUT2D eigenvalue weighted by atomic mass is 9.95. The van der Waals surface area contributed by atoms with Crippen molar-refractivity contribution in [2.45, 2.75) is 25.8 Å². The molecule has 16 heavy (non-hydrogen) atoms. The normalized spacial score (nSPS) is 11.7. The molecule has 90 valence electrons. The molecule has 1 rings (SSSR count). The lowest BCUT2D eigenvalue weighted by Gasteiger charge is -2.20. The van der Waals surface area contributed by atoms with E-state index >= 15 is 0 Å². The fourth-order valence-corrected chi connectivity index (χ4v) is 1.76. The quantitative estimate of drug-likeness (QED) is 0.870. The van der Waals surface area contributed by atoms with Crippen LogP contribution in [0.4, 0.5) is 8.78 Å². The highest BCUT2D eigenvalue weighted by atomic mass is 79.9. The summed E-state index contributed by atoms with van der Waals surface area (Å²) < 4.78 is 31.7. The van der Waals surface area contributed by atoms with E-state index in [0.717, 1.165) is 0 Å². The van der Waals surface area contributed by atoms with Crippen molar-refractivity contribution in [2.24, 2.45) is 5.73 Å². The third kappa shape index (κ3) is 2.92. The first kappa shape index (κ1) is 13.4. The molecule has 2 nitrogen and oxygen atoms in total. The van der Waals surface area contributed by atoms with Gasteiger partial charge >= 0.3 is 0 Å². The van der Waals surface area contributed by atoms with E-state index in [2.05, 4.69) is 15.9 Å². The molecule has 0 fully saturated rings. The number of benzene rings is 1. The standard InChI is InChI=1S/C11H14BrF2NO/c1-11(2,15)5-6-4-7(13)8(12)9(14)10(6)16-3/h4H,5,15H2,1-3H3. The van der Waals surface area contributed by atoms with Crippen molar-refractivity contribution in [3.8, 4) is 5.75 Å². The third-order valence-corrected chi connectivity index (χ3v) is 2.77. The molecule has 2 N–H and O–H groups in total. The Kier molecular flexibility index (Phi) is 3.91. The minimum Gasteiger partial charge on any atom is -0.493 e. The molecule has 0 unspecified atom stereocenters. The Morgan fingerprint density at radius 1 is 1.44 bits per heavy atom. The maximum atomic E-state index is 13.6. The second-order valence-electron chi connectivity index (χ2n) is 4.34. The average Bonchev–Trinajstić information content (AvgIpc) is 2.12. The molecule has 0 radical (unpaired) electrons. The van der Waals surface area contributed by atoms with Crippen LogP contribution >= 0.6 is 15.9 Å². The van der Waals surface area contributed by atoms with E-state index in [1.165, 1.54) is 13.2 Å². The molecule has 0 aliphatic rings. The lowest BCUT2D eigenvalue weighted by molar-refractivity contribution is 0.371. The highest BCUT2D eigenvalue weighted by molar-refractivity contribution is 9.10. The van der Waals surface area contributed by atoms with Gasteiger partial charge in [-0.05, 0) is 42.3 Å². The van der Waals surface area contributed by atoms with Crippen molar-refractivity contribution in [1.82, 2.24) is 0 Å². The smallest absolute Gasteiger partial charge is 0.182 e. The van der Waals surface area contributed by atoms with Crippen molar-refractivity contribution < 1.29 is 13.5 Å². The molecule has 1 aromatic rings. The first-order valence-electron chi connectivity index (χ1n) is 4.75. The van der Waals surface area contributed by atoms with Gasteiger partial charge < -0.3 is 10.5 Å². The van der Waals surface area contributed by atoms with Crippen molar-refractivity contribution in [2.75, 3.05) is 7.11 Å². The maximum absolute atomic E-state index is 13.6. The van der Waals surface area contributed by atoms with E-state index in [4.69, 9.17) is 10.5 Å². The number of methoxy groups -OCH3 is 1. The van der Waals surface area contributed by atoms with Crippen LogP contribution in [0.5, 0.6) is 5.75 Å². The van der Waals surface area contributed by atoms with E-state index in [9.17, 15) is 8.78 Å². The van der Waals surface area contributed by atoms with Gasteiger partial charge in [0.1, 0.15) is 5.82 Å². The molecule has 0 heterocycles. The summed E-state index contributed by atoms with van der Waals surface area (Å²) in [4.78, 5) is 0. The molecule has 0 saturated carbocycles. The first-order chi connectivity index (χ1) is 7.26. The summed E-state index contributed by atoms with van der Waals surface area (Å²) in [5, 5.41) is 0. The maximum Gasteiger partial charge on any atom is 0.182 e. The van der Waals surface area contributed by atoms with Crippen LogP contribution in [0.25, 0.3) is 0 Å². The molecule has 0 spiro atoms. The van der Waals surface area contributed by atoms with E-state index in [1.54, 1.807) is 13.8 Å². The van der Waals surface area contributed by atoms with Crippen molar-refractivity contribution >= 4 is 15.9 Å². The highest BCUT2D eigenvalue weighted by Gasteiger charge is 2.21. The van der Waals surface area contributed by atoms with Crippen molar-refractivity contribution in [3.63, 3.8) is 0 Å². The van der Waals surface area contributed by atoms with E-state index in [1.807, 2.05) is 0 Å². The van der Waals surface area contributed by atoms with E-state index in [-0.39, 0.29) is 10.2 Å². The average molecular weight is 294 g/mol. The Labute approximate surface area is 102 Å². The van der Waals surface area contributed by atoms with Gasteiger partial charge in [-0.1, -0.05) is 0 Å². The first-order valence-corrected chi connectivity index (χ1v) is 5.55. The Balaban J connectivity index is 3.28. The van der Waals surface area contributed by atoms with Gasteiger partial charge in [0.25, 0.3) is 0 Å². The molecule has 0 saturated heterocycles. The number of hydrogen-bond donors (Lipinski definition) is 1. The Bertz CT molecular complexity index is 402. The predicted molar refractivity (Wildman–Crippen MR) is 62.6 cm³/mol. The van der Waals surface area contributed by atoms with Gasteiger partial charge in [0.15, 0.2) is 11.6 Å². The Morgan fingerprint density at radius 3 is 2.44 bits per heavy atom. The molecule has 0 aromatic heterocycles. The van der Waals surface area contributed by atoms with Gasteiger partial charge in [0, 0.05) is 11.1 Å². The van der Waals surface area contributed by atoms with Crippen LogP contribution in [0.15, 0.2) is 10.5 Å². The minimum atomic E-state index is -0.734. The van der Waals surface area contributed by atoms with Crippen LogP contribution in [0.1, 0.15) is 19.4 Å². The molecular formula is C11H14BrF2NO. The van der Waals surface area contributed by atoms with Gasteiger partial charge in [0.05, 0.1) is 11.6 Å². The number of halogens is 3. The third-order valence-electron chi connectivity index (χ3n) is 2.04. The summed E-state index contributed by atoms with van der Waals surface area (Å²) in [5.74, 6) is -1.36. The highest BCUT2D eigenvalue weighted by Crippen LogP contribution is 2.33. The van der Waals surface area contributed by atoms with Crippen LogP contribution in [0.3, 0.4) is 0 Å². The largest absolute Gasteiger partial charge is 0.493 e. The van der Waals surface area contributed by atoms with Crippen molar-refractivity contribution in [1.29, 1.82) is 0 Å².